The number of hydrogen-bond donors (Lipinski definition) is 1. The largest absolute Gasteiger partial charge is 0.337 e. The molecule has 1 amide bonds. The molecular weight excluding hydrogens is 304 g/mol. The Hall–Kier alpha value is -1.80. The van der Waals surface area contributed by atoms with Gasteiger partial charge in [0, 0.05) is 24.2 Å². The van der Waals surface area contributed by atoms with Gasteiger partial charge in [0.2, 0.25) is 0 Å². The predicted molar refractivity (Wildman–Crippen MR) is 87.5 cm³/mol. The summed E-state index contributed by atoms with van der Waals surface area (Å²) in [5.41, 5.74) is 7.09. The molecule has 108 valence electrons. The van der Waals surface area contributed by atoms with Crippen LogP contribution in [0, 0.1) is 11.8 Å². The summed E-state index contributed by atoms with van der Waals surface area (Å²) in [6.45, 7) is 0.781. The van der Waals surface area contributed by atoms with Crippen molar-refractivity contribution in [3.8, 4) is 11.8 Å². The third-order valence-corrected chi connectivity index (χ3v) is 3.98. The van der Waals surface area contributed by atoms with E-state index in [0.717, 1.165) is 11.1 Å². The molecule has 0 fully saturated rings. The third-order valence-electron chi connectivity index (χ3n) is 2.84. The van der Waals surface area contributed by atoms with Crippen molar-refractivity contribution in [2.24, 2.45) is 5.73 Å². The van der Waals surface area contributed by atoms with Crippen molar-refractivity contribution in [1.29, 1.82) is 0 Å². The molecule has 1 heterocycles. The molecule has 0 bridgehead atoms. The molecule has 0 unspecified atom stereocenters. The molecule has 2 aromatic rings. The fraction of sp³-hybridized carbons (Fsp3) is 0.188. The summed E-state index contributed by atoms with van der Waals surface area (Å²) in [5, 5.41) is 2.53. The lowest BCUT2D eigenvalue weighted by molar-refractivity contribution is 0.0789. The second-order valence-electron chi connectivity index (χ2n) is 4.46. The van der Waals surface area contributed by atoms with Gasteiger partial charge in [-0.1, -0.05) is 35.6 Å². The zero-order chi connectivity index (χ0) is 15.2. The van der Waals surface area contributed by atoms with Gasteiger partial charge in [-0.25, -0.2) is 0 Å². The zero-order valence-electron chi connectivity index (χ0n) is 11.6. The maximum absolute atomic E-state index is 12.5. The van der Waals surface area contributed by atoms with Crippen molar-refractivity contribution in [1.82, 2.24) is 4.90 Å². The summed E-state index contributed by atoms with van der Waals surface area (Å²) < 4.78 is 0. The van der Waals surface area contributed by atoms with Crippen molar-refractivity contribution < 1.29 is 4.79 Å². The first-order valence-electron chi connectivity index (χ1n) is 6.38. The lowest BCUT2D eigenvalue weighted by atomic mass is 10.2. The number of rotatable bonds is 3. The molecule has 0 spiro atoms. The number of carbonyl (C=O) groups is 1. The first kappa shape index (κ1) is 15.6. The summed E-state index contributed by atoms with van der Waals surface area (Å²) in [5.74, 6) is 5.66. The first-order chi connectivity index (χ1) is 10.1. The van der Waals surface area contributed by atoms with E-state index < -0.39 is 0 Å². The van der Waals surface area contributed by atoms with Crippen LogP contribution >= 0.6 is 22.9 Å². The van der Waals surface area contributed by atoms with Crippen LogP contribution in [0.25, 0.3) is 0 Å². The van der Waals surface area contributed by atoms with Crippen molar-refractivity contribution in [3.63, 3.8) is 0 Å². The van der Waals surface area contributed by atoms with Crippen LogP contribution in [0.5, 0.6) is 0 Å². The number of benzene rings is 1. The third kappa shape index (κ3) is 4.08. The van der Waals surface area contributed by atoms with Gasteiger partial charge in [-0.3, -0.25) is 4.79 Å². The minimum Gasteiger partial charge on any atom is -0.337 e. The average molecular weight is 319 g/mol. The molecule has 3 nitrogen and oxygen atoms in total. The Balaban J connectivity index is 2.14. The molecule has 0 aliphatic rings. The van der Waals surface area contributed by atoms with E-state index in [9.17, 15) is 4.79 Å². The molecule has 1 aromatic carbocycles. The minimum absolute atomic E-state index is 0.0497. The zero-order valence-corrected chi connectivity index (χ0v) is 13.2. The minimum atomic E-state index is -0.0497. The van der Waals surface area contributed by atoms with E-state index in [4.69, 9.17) is 17.3 Å². The van der Waals surface area contributed by atoms with Crippen molar-refractivity contribution in [2.45, 2.75) is 6.54 Å². The van der Waals surface area contributed by atoms with Crippen LogP contribution in [0.3, 0.4) is 0 Å². The Morgan fingerprint density at radius 1 is 1.43 bits per heavy atom. The fourth-order valence-electron chi connectivity index (χ4n) is 1.87. The number of nitrogens with two attached hydrogens (primary N) is 1. The van der Waals surface area contributed by atoms with E-state index in [1.807, 2.05) is 35.7 Å². The average Bonchev–Trinajstić information content (AvgIpc) is 2.92. The van der Waals surface area contributed by atoms with E-state index in [2.05, 4.69) is 11.8 Å². The lowest BCUT2D eigenvalue weighted by Crippen LogP contribution is -2.26. The van der Waals surface area contributed by atoms with E-state index in [1.165, 1.54) is 11.3 Å². The molecule has 0 saturated heterocycles. The molecule has 0 saturated carbocycles. The van der Waals surface area contributed by atoms with Crippen LogP contribution in [0.2, 0.25) is 5.02 Å². The second-order valence-corrected chi connectivity index (χ2v) is 5.81. The fourth-order valence-corrected chi connectivity index (χ4v) is 2.93. The van der Waals surface area contributed by atoms with Crippen molar-refractivity contribution >= 4 is 28.8 Å². The Bertz CT molecular complexity index is 700. The van der Waals surface area contributed by atoms with Crippen LogP contribution in [0.4, 0.5) is 0 Å². The highest BCUT2D eigenvalue weighted by atomic mass is 35.5. The molecule has 0 aliphatic heterocycles. The van der Waals surface area contributed by atoms with Gasteiger partial charge in [0.25, 0.3) is 5.91 Å². The Morgan fingerprint density at radius 2 is 2.24 bits per heavy atom. The molecule has 1 aromatic heterocycles. The van der Waals surface area contributed by atoms with Crippen molar-refractivity contribution in [3.05, 3.63) is 56.7 Å². The van der Waals surface area contributed by atoms with Gasteiger partial charge in [-0.15, -0.1) is 11.3 Å². The lowest BCUT2D eigenvalue weighted by Gasteiger charge is -2.17. The summed E-state index contributed by atoms with van der Waals surface area (Å²) >= 11 is 7.35. The van der Waals surface area contributed by atoms with E-state index in [1.54, 1.807) is 11.9 Å². The molecule has 5 heteroatoms. The highest BCUT2D eigenvalue weighted by Crippen LogP contribution is 2.19. The van der Waals surface area contributed by atoms with Crippen LogP contribution in [0.15, 0.2) is 35.7 Å². The SMILES string of the molecule is CN(Cc1cccc(Cl)c1)C(=O)c1sccc1C#CCN. The standard InChI is InChI=1S/C16H15ClN2OS/c1-19(11-12-4-2-6-14(17)10-12)16(20)15-13(5-3-8-18)7-9-21-15/h2,4,6-7,9-10H,8,11,18H2,1H3. The van der Waals surface area contributed by atoms with Crippen LogP contribution in [-0.2, 0) is 6.54 Å². The number of nitrogens with zero attached hydrogens (tertiary/aromatic N) is 1. The summed E-state index contributed by atoms with van der Waals surface area (Å²) in [4.78, 5) is 14.8. The van der Waals surface area contributed by atoms with Crippen LogP contribution < -0.4 is 5.73 Å². The van der Waals surface area contributed by atoms with Gasteiger partial charge in [0.05, 0.1) is 6.54 Å². The van der Waals surface area contributed by atoms with Gasteiger partial charge < -0.3 is 10.6 Å². The van der Waals surface area contributed by atoms with E-state index >= 15 is 0 Å². The molecular formula is C16H15ClN2OS. The summed E-state index contributed by atoms with van der Waals surface area (Å²) in [7, 11) is 1.77. The monoisotopic (exact) mass is 318 g/mol. The number of carbonyl (C=O) groups excluding carboxylic acids is 1. The normalized spacial score (nSPS) is 9.86. The van der Waals surface area contributed by atoms with E-state index in [0.29, 0.717) is 16.4 Å². The second kappa shape index (κ2) is 7.28. The quantitative estimate of drug-likeness (QED) is 0.884. The molecule has 0 aliphatic carbocycles. The molecule has 2 N–H and O–H groups in total. The van der Waals surface area contributed by atoms with Crippen LogP contribution in [-0.4, -0.2) is 24.4 Å². The molecule has 21 heavy (non-hydrogen) atoms. The Kier molecular flexibility index (Phi) is 5.40. The summed E-state index contributed by atoms with van der Waals surface area (Å²) in [6, 6.07) is 9.33. The maximum Gasteiger partial charge on any atom is 0.265 e. The highest BCUT2D eigenvalue weighted by Gasteiger charge is 2.16. The number of halogens is 1. The van der Waals surface area contributed by atoms with Gasteiger partial charge in [0.15, 0.2) is 0 Å². The smallest absolute Gasteiger partial charge is 0.265 e. The van der Waals surface area contributed by atoms with Gasteiger partial charge in [0.1, 0.15) is 4.88 Å². The number of amides is 1. The van der Waals surface area contributed by atoms with Gasteiger partial charge in [-0.05, 0) is 29.1 Å². The van der Waals surface area contributed by atoms with E-state index in [-0.39, 0.29) is 12.5 Å². The first-order valence-corrected chi connectivity index (χ1v) is 7.64. The predicted octanol–water partition coefficient (Wildman–Crippen LogP) is 2.98. The Morgan fingerprint density at radius 3 is 2.95 bits per heavy atom. The molecule has 2 rings (SSSR count). The number of hydrogen-bond acceptors (Lipinski definition) is 3. The van der Waals surface area contributed by atoms with Crippen LogP contribution in [0.1, 0.15) is 20.8 Å². The van der Waals surface area contributed by atoms with Gasteiger partial charge >= 0.3 is 0 Å². The number of thiophene rings is 1. The Labute approximate surface area is 133 Å². The highest BCUT2D eigenvalue weighted by molar-refractivity contribution is 7.12. The topological polar surface area (TPSA) is 46.3 Å². The molecule has 0 radical (unpaired) electrons. The molecule has 0 atom stereocenters. The summed E-state index contributed by atoms with van der Waals surface area (Å²) in [6.07, 6.45) is 0. The van der Waals surface area contributed by atoms with Crippen molar-refractivity contribution in [2.75, 3.05) is 13.6 Å². The van der Waals surface area contributed by atoms with Gasteiger partial charge in [-0.2, -0.15) is 0 Å². The maximum atomic E-state index is 12.5.